The quantitative estimate of drug-likeness (QED) is 0.868. The van der Waals surface area contributed by atoms with Crippen molar-refractivity contribution in [3.8, 4) is 5.75 Å². The number of aromatic nitrogens is 1. The van der Waals surface area contributed by atoms with Crippen LogP contribution in [0.2, 0.25) is 0 Å². The van der Waals surface area contributed by atoms with Crippen molar-refractivity contribution < 1.29 is 4.74 Å². The Bertz CT molecular complexity index is 378. The minimum Gasteiger partial charge on any atom is -0.484 e. The van der Waals surface area contributed by atoms with Gasteiger partial charge in [0, 0.05) is 6.04 Å². The third kappa shape index (κ3) is 3.03. The van der Waals surface area contributed by atoms with Crippen LogP contribution in [-0.4, -0.2) is 16.5 Å². The molecule has 2 rings (SSSR count). The van der Waals surface area contributed by atoms with E-state index in [1.54, 1.807) is 0 Å². The molecule has 3 N–H and O–H groups in total. The van der Waals surface area contributed by atoms with Gasteiger partial charge in [0.15, 0.2) is 16.6 Å². The lowest BCUT2D eigenvalue weighted by Crippen LogP contribution is -2.16. The molecule has 0 radical (unpaired) electrons. The first-order chi connectivity index (χ1) is 8.06. The zero-order valence-electron chi connectivity index (χ0n) is 10.7. The number of nitrogens with two attached hydrogens (primary N) is 1. The van der Waals surface area contributed by atoms with Gasteiger partial charge in [0.1, 0.15) is 0 Å². The van der Waals surface area contributed by atoms with Gasteiger partial charge in [0.25, 0.3) is 0 Å². The van der Waals surface area contributed by atoms with Gasteiger partial charge in [0.2, 0.25) is 0 Å². The molecule has 2 unspecified atom stereocenters. The minimum atomic E-state index is 0.122. The summed E-state index contributed by atoms with van der Waals surface area (Å²) in [6, 6.07) is 0.541. The molecule has 1 heterocycles. The second-order valence-corrected chi connectivity index (χ2v) is 5.93. The van der Waals surface area contributed by atoms with Crippen LogP contribution < -0.4 is 15.8 Å². The van der Waals surface area contributed by atoms with E-state index in [-0.39, 0.29) is 6.10 Å². The number of anilines is 2. The number of hydrogen-bond acceptors (Lipinski definition) is 5. The molecule has 1 saturated carbocycles. The highest BCUT2D eigenvalue weighted by molar-refractivity contribution is 7.11. The molecule has 1 aliphatic carbocycles. The first-order valence-electron chi connectivity index (χ1n) is 6.24. The number of ether oxygens (including phenoxy) is 1. The lowest BCUT2D eigenvalue weighted by atomic mass is 10.1. The van der Waals surface area contributed by atoms with Crippen molar-refractivity contribution >= 4 is 22.4 Å². The van der Waals surface area contributed by atoms with E-state index in [9.17, 15) is 0 Å². The fraction of sp³-hybridized carbons (Fsp3) is 0.750. The van der Waals surface area contributed by atoms with Gasteiger partial charge in [-0.25, -0.2) is 0 Å². The zero-order valence-corrected chi connectivity index (χ0v) is 11.5. The SMILES string of the molecule is CC1CCC(Nc2snc(N)c2OC(C)C)C1. The summed E-state index contributed by atoms with van der Waals surface area (Å²) in [7, 11) is 0. The fourth-order valence-corrected chi connectivity index (χ4v) is 2.99. The van der Waals surface area contributed by atoms with E-state index in [1.165, 1.54) is 30.8 Å². The Morgan fingerprint density at radius 1 is 1.47 bits per heavy atom. The van der Waals surface area contributed by atoms with E-state index in [2.05, 4.69) is 16.6 Å². The number of hydrogen-bond donors (Lipinski definition) is 2. The summed E-state index contributed by atoms with van der Waals surface area (Å²) in [6.07, 6.45) is 3.86. The Labute approximate surface area is 107 Å². The number of nitrogen functional groups attached to an aromatic ring is 1. The molecule has 5 heteroatoms. The largest absolute Gasteiger partial charge is 0.484 e. The highest BCUT2D eigenvalue weighted by Gasteiger charge is 2.24. The Hall–Kier alpha value is -0.970. The lowest BCUT2D eigenvalue weighted by Gasteiger charge is -2.15. The summed E-state index contributed by atoms with van der Waals surface area (Å²) in [4.78, 5) is 0. The number of nitrogens with one attached hydrogen (secondary N) is 1. The van der Waals surface area contributed by atoms with Crippen LogP contribution >= 0.6 is 11.5 Å². The van der Waals surface area contributed by atoms with E-state index >= 15 is 0 Å². The maximum absolute atomic E-state index is 5.83. The fourth-order valence-electron chi connectivity index (χ4n) is 2.26. The normalized spacial score (nSPS) is 24.2. The van der Waals surface area contributed by atoms with Gasteiger partial charge in [-0.15, -0.1) is 0 Å². The first kappa shape index (κ1) is 12.5. The summed E-state index contributed by atoms with van der Waals surface area (Å²) in [5, 5.41) is 4.50. The molecule has 0 bridgehead atoms. The molecule has 0 amide bonds. The summed E-state index contributed by atoms with van der Waals surface area (Å²) >= 11 is 1.40. The molecule has 0 saturated heterocycles. The van der Waals surface area contributed by atoms with Crippen molar-refractivity contribution in [3.05, 3.63) is 0 Å². The minimum absolute atomic E-state index is 0.122. The topological polar surface area (TPSA) is 60.2 Å². The summed E-state index contributed by atoms with van der Waals surface area (Å²) in [6.45, 7) is 6.30. The Morgan fingerprint density at radius 2 is 2.24 bits per heavy atom. The van der Waals surface area contributed by atoms with Crippen LogP contribution in [0, 0.1) is 5.92 Å². The van der Waals surface area contributed by atoms with E-state index in [0.29, 0.717) is 11.9 Å². The molecule has 1 fully saturated rings. The smallest absolute Gasteiger partial charge is 0.197 e. The highest BCUT2D eigenvalue weighted by Crippen LogP contribution is 2.38. The maximum Gasteiger partial charge on any atom is 0.197 e. The van der Waals surface area contributed by atoms with Gasteiger partial charge in [-0.1, -0.05) is 6.92 Å². The second-order valence-electron chi connectivity index (χ2n) is 5.15. The number of nitrogens with zero attached hydrogens (tertiary/aromatic N) is 1. The van der Waals surface area contributed by atoms with E-state index in [4.69, 9.17) is 10.5 Å². The molecule has 1 aromatic rings. The molecule has 96 valence electrons. The average Bonchev–Trinajstić information content (AvgIpc) is 2.78. The lowest BCUT2D eigenvalue weighted by molar-refractivity contribution is 0.245. The maximum atomic E-state index is 5.83. The molecular weight excluding hydrogens is 234 g/mol. The molecule has 4 nitrogen and oxygen atoms in total. The van der Waals surface area contributed by atoms with Gasteiger partial charge >= 0.3 is 0 Å². The van der Waals surface area contributed by atoms with Crippen LogP contribution in [0.25, 0.3) is 0 Å². The predicted molar refractivity (Wildman–Crippen MR) is 72.7 cm³/mol. The van der Waals surface area contributed by atoms with Crippen LogP contribution in [-0.2, 0) is 0 Å². The van der Waals surface area contributed by atoms with Crippen LogP contribution in [0.15, 0.2) is 0 Å². The Morgan fingerprint density at radius 3 is 2.82 bits per heavy atom. The van der Waals surface area contributed by atoms with Crippen LogP contribution in [0.4, 0.5) is 10.8 Å². The molecule has 0 aliphatic heterocycles. The van der Waals surface area contributed by atoms with E-state index < -0.39 is 0 Å². The van der Waals surface area contributed by atoms with Crippen molar-refractivity contribution in [2.24, 2.45) is 5.92 Å². The summed E-state index contributed by atoms with van der Waals surface area (Å²) in [5.41, 5.74) is 5.83. The average molecular weight is 255 g/mol. The van der Waals surface area contributed by atoms with Gasteiger partial charge in [0.05, 0.1) is 6.10 Å². The predicted octanol–water partition coefficient (Wildman–Crippen LogP) is 3.11. The van der Waals surface area contributed by atoms with Crippen molar-refractivity contribution in [2.45, 2.75) is 52.2 Å². The van der Waals surface area contributed by atoms with E-state index in [1.807, 2.05) is 13.8 Å². The van der Waals surface area contributed by atoms with Gasteiger partial charge < -0.3 is 15.8 Å². The zero-order chi connectivity index (χ0) is 12.4. The molecule has 0 aromatic carbocycles. The van der Waals surface area contributed by atoms with Crippen molar-refractivity contribution in [3.63, 3.8) is 0 Å². The van der Waals surface area contributed by atoms with Crippen LogP contribution in [0.3, 0.4) is 0 Å². The van der Waals surface area contributed by atoms with Crippen LogP contribution in [0.1, 0.15) is 40.0 Å². The van der Waals surface area contributed by atoms with Gasteiger partial charge in [-0.3, -0.25) is 0 Å². The first-order valence-corrected chi connectivity index (χ1v) is 7.02. The molecule has 2 atom stereocenters. The number of rotatable bonds is 4. The second kappa shape index (κ2) is 5.12. The van der Waals surface area contributed by atoms with Crippen molar-refractivity contribution in [2.75, 3.05) is 11.1 Å². The molecule has 1 aromatic heterocycles. The Balaban J connectivity index is 2.05. The third-order valence-corrected chi connectivity index (χ3v) is 3.83. The van der Waals surface area contributed by atoms with Gasteiger partial charge in [-0.05, 0) is 50.6 Å². The summed E-state index contributed by atoms with van der Waals surface area (Å²) in [5.74, 6) is 2.04. The molecule has 0 spiro atoms. The van der Waals surface area contributed by atoms with Crippen molar-refractivity contribution in [1.82, 2.24) is 4.37 Å². The van der Waals surface area contributed by atoms with E-state index in [0.717, 1.165) is 16.7 Å². The summed E-state index contributed by atoms with van der Waals surface area (Å²) < 4.78 is 9.88. The molecule has 17 heavy (non-hydrogen) atoms. The highest BCUT2D eigenvalue weighted by atomic mass is 32.1. The van der Waals surface area contributed by atoms with Gasteiger partial charge in [-0.2, -0.15) is 4.37 Å². The third-order valence-electron chi connectivity index (χ3n) is 3.06. The molecular formula is C12H21N3OS. The Kier molecular flexibility index (Phi) is 3.76. The van der Waals surface area contributed by atoms with Crippen molar-refractivity contribution in [1.29, 1.82) is 0 Å². The monoisotopic (exact) mass is 255 g/mol. The standard InChI is InChI=1S/C12H21N3OS/c1-7(2)16-10-11(13)15-17-12(10)14-9-5-4-8(3)6-9/h7-9,14H,4-6H2,1-3H3,(H2,13,15). The van der Waals surface area contributed by atoms with Crippen LogP contribution in [0.5, 0.6) is 5.75 Å². The molecule has 1 aliphatic rings.